The highest BCUT2D eigenvalue weighted by atomic mass is 16.1. The third-order valence-electron chi connectivity index (χ3n) is 4.15. The summed E-state index contributed by atoms with van der Waals surface area (Å²) in [5.74, 6) is 1.04. The van der Waals surface area contributed by atoms with E-state index in [-0.39, 0.29) is 11.7 Å². The van der Waals surface area contributed by atoms with Crippen LogP contribution in [0.4, 0.5) is 0 Å². The standard InChI is InChI=1S/C17H20NO/c19-17-15-9-5-4-8-14(10-15)12-18-16(17)11-13-6-2-1-3-7-13/h1-3,6-7,9,11,14-15,18H,4-5,8,10,12H2. The summed E-state index contributed by atoms with van der Waals surface area (Å²) < 4.78 is 0. The number of hydrogen-bond donors (Lipinski definition) is 1. The number of hydrogen-bond acceptors (Lipinski definition) is 2. The largest absolute Gasteiger partial charge is 0.382 e. The normalized spacial score (nSPS) is 29.5. The molecule has 2 nitrogen and oxygen atoms in total. The first-order chi connectivity index (χ1) is 9.33. The molecule has 1 saturated carbocycles. The Morgan fingerprint density at radius 3 is 2.89 bits per heavy atom. The van der Waals surface area contributed by atoms with E-state index in [0.29, 0.717) is 5.92 Å². The van der Waals surface area contributed by atoms with Gasteiger partial charge < -0.3 is 5.32 Å². The molecule has 1 saturated heterocycles. The molecular formula is C17H20NO. The van der Waals surface area contributed by atoms with E-state index in [0.717, 1.165) is 30.6 Å². The second-order valence-electron chi connectivity index (χ2n) is 5.59. The topological polar surface area (TPSA) is 29.1 Å². The lowest BCUT2D eigenvalue weighted by atomic mass is 9.90. The Labute approximate surface area is 114 Å². The molecule has 1 aliphatic heterocycles. The fourth-order valence-electron chi connectivity index (χ4n) is 3.08. The molecule has 0 aromatic heterocycles. The number of Topliss-reactive ketones (excluding diaryl/α,β-unsaturated/α-hetero) is 1. The highest BCUT2D eigenvalue weighted by Crippen LogP contribution is 2.31. The number of nitrogens with one attached hydrogen (secondary N) is 1. The lowest BCUT2D eigenvalue weighted by Gasteiger charge is -2.12. The number of rotatable bonds is 1. The van der Waals surface area contributed by atoms with E-state index in [1.165, 1.54) is 12.8 Å². The summed E-state index contributed by atoms with van der Waals surface area (Å²) in [6.07, 6.45) is 8.81. The van der Waals surface area contributed by atoms with Gasteiger partial charge in [-0.1, -0.05) is 36.8 Å². The quantitative estimate of drug-likeness (QED) is 0.780. The van der Waals surface area contributed by atoms with Crippen LogP contribution in [0.25, 0.3) is 6.08 Å². The van der Waals surface area contributed by atoms with Gasteiger partial charge in [-0.05, 0) is 43.2 Å². The summed E-state index contributed by atoms with van der Waals surface area (Å²) in [7, 11) is 0. The van der Waals surface area contributed by atoms with Gasteiger partial charge in [-0.25, -0.2) is 0 Å². The van der Waals surface area contributed by atoms with Gasteiger partial charge in [-0.3, -0.25) is 4.79 Å². The van der Waals surface area contributed by atoms with Crippen LogP contribution in [0.2, 0.25) is 0 Å². The van der Waals surface area contributed by atoms with Gasteiger partial charge in [0.25, 0.3) is 0 Å². The Kier molecular flexibility index (Phi) is 3.67. The predicted octanol–water partition coefficient (Wildman–Crippen LogP) is 3.21. The molecule has 0 amide bonds. The molecule has 0 spiro atoms. The van der Waals surface area contributed by atoms with E-state index in [4.69, 9.17) is 0 Å². The van der Waals surface area contributed by atoms with Gasteiger partial charge in [-0.2, -0.15) is 0 Å². The fourth-order valence-corrected chi connectivity index (χ4v) is 3.08. The summed E-state index contributed by atoms with van der Waals surface area (Å²) >= 11 is 0. The van der Waals surface area contributed by atoms with E-state index in [1.54, 1.807) is 0 Å². The second-order valence-corrected chi connectivity index (χ2v) is 5.59. The molecule has 2 heteroatoms. The number of allylic oxidation sites excluding steroid dienone is 1. The van der Waals surface area contributed by atoms with Crippen molar-refractivity contribution >= 4 is 11.9 Å². The van der Waals surface area contributed by atoms with E-state index in [9.17, 15) is 4.79 Å². The van der Waals surface area contributed by atoms with Gasteiger partial charge in [0.15, 0.2) is 5.78 Å². The van der Waals surface area contributed by atoms with Crippen molar-refractivity contribution in [1.29, 1.82) is 0 Å². The Morgan fingerprint density at radius 1 is 1.21 bits per heavy atom. The lowest BCUT2D eigenvalue weighted by Crippen LogP contribution is -2.24. The summed E-state index contributed by atoms with van der Waals surface area (Å²) in [5, 5.41) is 3.37. The number of carbonyl (C=O) groups is 1. The zero-order chi connectivity index (χ0) is 13.1. The van der Waals surface area contributed by atoms with Crippen LogP contribution in [0.15, 0.2) is 36.0 Å². The highest BCUT2D eigenvalue weighted by molar-refractivity contribution is 6.01. The highest BCUT2D eigenvalue weighted by Gasteiger charge is 2.31. The first-order valence-corrected chi connectivity index (χ1v) is 7.21. The zero-order valence-electron chi connectivity index (χ0n) is 11.1. The van der Waals surface area contributed by atoms with Crippen molar-refractivity contribution in [2.75, 3.05) is 6.54 Å². The molecule has 1 heterocycles. The first-order valence-electron chi connectivity index (χ1n) is 7.21. The van der Waals surface area contributed by atoms with Gasteiger partial charge in [0.2, 0.25) is 0 Å². The number of fused-ring (bicyclic) bond motifs is 2. The molecule has 1 aromatic rings. The lowest BCUT2D eigenvalue weighted by molar-refractivity contribution is -0.118. The minimum Gasteiger partial charge on any atom is -0.382 e. The molecule has 1 aliphatic carbocycles. The number of ketones is 1. The monoisotopic (exact) mass is 254 g/mol. The van der Waals surface area contributed by atoms with Crippen LogP contribution in [0.3, 0.4) is 0 Å². The molecule has 2 aliphatic rings. The van der Waals surface area contributed by atoms with Crippen LogP contribution in [0.5, 0.6) is 0 Å². The molecule has 2 unspecified atom stereocenters. The maximum atomic E-state index is 12.6. The summed E-state index contributed by atoms with van der Waals surface area (Å²) in [5.41, 5.74) is 1.88. The van der Waals surface area contributed by atoms with Gasteiger partial charge >= 0.3 is 0 Å². The van der Waals surface area contributed by atoms with E-state index in [1.807, 2.05) is 36.4 Å². The van der Waals surface area contributed by atoms with Crippen molar-refractivity contribution in [3.63, 3.8) is 0 Å². The Morgan fingerprint density at radius 2 is 2.05 bits per heavy atom. The number of carbonyl (C=O) groups excluding carboxylic acids is 1. The fraction of sp³-hybridized carbons (Fsp3) is 0.412. The van der Waals surface area contributed by atoms with Crippen molar-refractivity contribution in [3.05, 3.63) is 48.0 Å². The smallest absolute Gasteiger partial charge is 0.182 e. The summed E-state index contributed by atoms with van der Waals surface area (Å²) in [6.45, 7) is 0.939. The predicted molar refractivity (Wildman–Crippen MR) is 77.2 cm³/mol. The molecule has 1 aromatic carbocycles. The van der Waals surface area contributed by atoms with Crippen molar-refractivity contribution in [3.8, 4) is 0 Å². The van der Waals surface area contributed by atoms with E-state index in [2.05, 4.69) is 11.7 Å². The van der Waals surface area contributed by atoms with Crippen molar-refractivity contribution in [2.45, 2.75) is 25.7 Å². The number of benzene rings is 1. The third kappa shape index (κ3) is 2.89. The SMILES string of the molecule is O=C1C(=Cc2ccccc2)NCC2CCC[CH]C1C2. The summed E-state index contributed by atoms with van der Waals surface area (Å²) in [4.78, 5) is 12.6. The van der Waals surface area contributed by atoms with Crippen molar-refractivity contribution in [1.82, 2.24) is 5.32 Å². The molecule has 2 bridgehead atoms. The third-order valence-corrected chi connectivity index (χ3v) is 4.15. The van der Waals surface area contributed by atoms with Crippen LogP contribution in [-0.4, -0.2) is 12.3 Å². The minimum atomic E-state index is 0.123. The van der Waals surface area contributed by atoms with E-state index < -0.39 is 0 Å². The molecule has 99 valence electrons. The maximum absolute atomic E-state index is 12.6. The maximum Gasteiger partial charge on any atom is 0.182 e. The first kappa shape index (κ1) is 12.5. The van der Waals surface area contributed by atoms with Crippen molar-refractivity contribution in [2.24, 2.45) is 11.8 Å². The van der Waals surface area contributed by atoms with E-state index >= 15 is 0 Å². The van der Waals surface area contributed by atoms with Crippen LogP contribution >= 0.6 is 0 Å². The molecule has 19 heavy (non-hydrogen) atoms. The van der Waals surface area contributed by atoms with Crippen LogP contribution < -0.4 is 5.32 Å². The summed E-state index contributed by atoms with van der Waals surface area (Å²) in [6, 6.07) is 10.1. The van der Waals surface area contributed by atoms with Gasteiger partial charge in [0, 0.05) is 12.5 Å². The van der Waals surface area contributed by atoms with Crippen LogP contribution in [0.1, 0.15) is 31.2 Å². The van der Waals surface area contributed by atoms with Gasteiger partial charge in [0.05, 0.1) is 5.70 Å². The Balaban J connectivity index is 1.86. The Hall–Kier alpha value is -1.57. The minimum absolute atomic E-state index is 0.123. The average Bonchev–Trinajstić information content (AvgIpc) is 2.76. The zero-order valence-corrected chi connectivity index (χ0v) is 11.1. The molecular weight excluding hydrogens is 234 g/mol. The molecule has 1 radical (unpaired) electrons. The van der Waals surface area contributed by atoms with Crippen LogP contribution in [0, 0.1) is 18.3 Å². The second kappa shape index (κ2) is 5.60. The molecule has 2 atom stereocenters. The van der Waals surface area contributed by atoms with Gasteiger partial charge in [0.1, 0.15) is 0 Å². The average molecular weight is 254 g/mol. The molecule has 3 rings (SSSR count). The molecule has 1 N–H and O–H groups in total. The van der Waals surface area contributed by atoms with Crippen molar-refractivity contribution < 1.29 is 4.79 Å². The van der Waals surface area contributed by atoms with Gasteiger partial charge in [-0.15, -0.1) is 0 Å². The van der Waals surface area contributed by atoms with Crippen LogP contribution in [-0.2, 0) is 4.79 Å². The Bertz CT molecular complexity index is 477. The molecule has 2 fully saturated rings.